The molecule has 258 valence electrons. The van der Waals surface area contributed by atoms with Crippen molar-refractivity contribution in [2.75, 3.05) is 6.61 Å². The van der Waals surface area contributed by atoms with Gasteiger partial charge in [-0.25, -0.2) is 4.79 Å². The maximum absolute atomic E-state index is 13.6. The number of fused-ring (bicyclic) bond motifs is 3. The first kappa shape index (κ1) is 33.1. The van der Waals surface area contributed by atoms with Gasteiger partial charge < -0.3 is 34.1 Å². The number of aromatic nitrogens is 1. The van der Waals surface area contributed by atoms with Crippen molar-refractivity contribution in [3.05, 3.63) is 69.6 Å². The molecule has 2 atom stereocenters. The third-order valence-corrected chi connectivity index (χ3v) is 10.4. The van der Waals surface area contributed by atoms with Gasteiger partial charge in [-0.1, -0.05) is 18.1 Å². The number of rotatable bonds is 8. The van der Waals surface area contributed by atoms with Crippen molar-refractivity contribution in [2.45, 2.75) is 109 Å². The van der Waals surface area contributed by atoms with Crippen LogP contribution in [0.25, 0.3) is 16.5 Å². The van der Waals surface area contributed by atoms with Crippen LogP contribution in [0, 0.1) is 0 Å². The number of hydrogen-bond acceptors (Lipinski definition) is 9. The first-order valence-electron chi connectivity index (χ1n) is 17.4. The standard InChI is InChI=1S/C39H43NO9/c1-4-46-38(44)37-27(19-41)32(23-11-13-30(43)25(17-23)21-10-12-29-22(16-21)14-15-40-29)33-35(47-24-8-6-5-7-9-24)26-18-31(39(2,3)45)48-34(26)28(20-42)36(33)49-37/h10,12,14-16,19,24-25,31,40,42,45H,4-9,11,13,17-18,20H2,1-3H3. The number of H-pyrrole nitrogens is 1. The topological polar surface area (TPSA) is 144 Å². The van der Waals surface area contributed by atoms with Crippen LogP contribution in [-0.2, 0) is 32.1 Å². The number of allylic oxidation sites excluding steroid dienone is 3. The lowest BCUT2D eigenvalue weighted by Gasteiger charge is -2.33. The first-order valence-corrected chi connectivity index (χ1v) is 17.4. The number of carbonyl (C=O) groups excluding carboxylic acids is 3. The fourth-order valence-corrected chi connectivity index (χ4v) is 7.81. The molecule has 2 aliphatic heterocycles. The second-order valence-corrected chi connectivity index (χ2v) is 14.0. The monoisotopic (exact) mass is 669 g/mol. The molecule has 0 bridgehead atoms. The fourth-order valence-electron chi connectivity index (χ4n) is 7.81. The number of aromatic amines is 1. The minimum Gasteiger partial charge on any atom is -0.489 e. The number of carbonyl (C=O) groups is 3. The Balaban J connectivity index is 1.48. The van der Waals surface area contributed by atoms with E-state index in [-0.39, 0.29) is 42.0 Å². The smallest absolute Gasteiger partial charge is 0.375 e. The summed E-state index contributed by atoms with van der Waals surface area (Å²) in [4.78, 5) is 43.4. The van der Waals surface area contributed by atoms with Gasteiger partial charge in [-0.3, -0.25) is 9.59 Å². The predicted molar refractivity (Wildman–Crippen MR) is 181 cm³/mol. The van der Waals surface area contributed by atoms with E-state index in [0.717, 1.165) is 54.1 Å². The predicted octanol–water partition coefficient (Wildman–Crippen LogP) is 6.15. The van der Waals surface area contributed by atoms with Crippen LogP contribution < -0.4 is 14.2 Å². The van der Waals surface area contributed by atoms with Gasteiger partial charge >= 0.3 is 5.97 Å². The minimum absolute atomic E-state index is 0.0189. The molecular formula is C39H43NO9. The van der Waals surface area contributed by atoms with Crippen LogP contribution in [0.15, 0.2) is 47.4 Å². The summed E-state index contributed by atoms with van der Waals surface area (Å²) in [5.41, 5.74) is 3.34. The normalized spacial score (nSPS) is 22.8. The van der Waals surface area contributed by atoms with E-state index < -0.39 is 30.2 Å². The third-order valence-electron chi connectivity index (χ3n) is 10.4. The summed E-state index contributed by atoms with van der Waals surface area (Å²) in [6.07, 6.45) is 7.76. The van der Waals surface area contributed by atoms with E-state index in [1.807, 2.05) is 30.5 Å². The summed E-state index contributed by atoms with van der Waals surface area (Å²) in [6, 6.07) is 7.90. The molecule has 7 rings (SSSR count). The molecule has 0 radical (unpaired) electrons. The maximum Gasteiger partial charge on any atom is 0.375 e. The summed E-state index contributed by atoms with van der Waals surface area (Å²) in [5, 5.41) is 22.9. The highest BCUT2D eigenvalue weighted by atomic mass is 16.6. The van der Waals surface area contributed by atoms with Crippen LogP contribution in [0.2, 0.25) is 0 Å². The number of hydrogen-bond donors (Lipinski definition) is 3. The third kappa shape index (κ3) is 5.95. The van der Waals surface area contributed by atoms with Gasteiger partial charge in [-0.15, -0.1) is 0 Å². The van der Waals surface area contributed by atoms with Gasteiger partial charge in [0.05, 0.1) is 41.6 Å². The highest BCUT2D eigenvalue weighted by molar-refractivity contribution is 6.11. The number of aliphatic hydroxyl groups is 2. The molecule has 0 spiro atoms. The van der Waals surface area contributed by atoms with E-state index in [4.69, 9.17) is 18.9 Å². The van der Waals surface area contributed by atoms with Crippen LogP contribution in [-0.4, -0.2) is 57.7 Å². The average Bonchev–Trinajstić information content (AvgIpc) is 3.76. The van der Waals surface area contributed by atoms with E-state index in [2.05, 4.69) is 4.98 Å². The van der Waals surface area contributed by atoms with Crippen molar-refractivity contribution in [3.8, 4) is 17.2 Å². The van der Waals surface area contributed by atoms with Crippen LogP contribution in [0.1, 0.15) is 100 Å². The zero-order valence-corrected chi connectivity index (χ0v) is 28.2. The zero-order chi connectivity index (χ0) is 34.4. The molecule has 0 amide bonds. The molecule has 1 aromatic heterocycles. The number of aliphatic hydroxyl groups excluding tert-OH is 1. The summed E-state index contributed by atoms with van der Waals surface area (Å²) >= 11 is 0. The van der Waals surface area contributed by atoms with E-state index in [1.165, 1.54) is 0 Å². The van der Waals surface area contributed by atoms with Gasteiger partial charge in [-0.05, 0) is 88.4 Å². The maximum atomic E-state index is 13.6. The SMILES string of the molecule is CCOC(=O)C1=C(C=O)C(=C2CCC(=O)C(c3ccc4[nH]ccc4c3)C2)c2c(c(CO)c3c(c2OC2CCCCC2)CC(C(C)(C)O)O3)O1. The number of nitrogens with one attached hydrogen (secondary N) is 1. The van der Waals surface area contributed by atoms with Crippen LogP contribution in [0.4, 0.5) is 0 Å². The van der Waals surface area contributed by atoms with Crippen molar-refractivity contribution in [1.82, 2.24) is 4.98 Å². The Morgan fingerprint density at radius 3 is 2.61 bits per heavy atom. The van der Waals surface area contributed by atoms with E-state index >= 15 is 0 Å². The molecule has 0 saturated heterocycles. The number of esters is 1. The molecular weight excluding hydrogens is 626 g/mol. The average molecular weight is 670 g/mol. The van der Waals surface area contributed by atoms with Crippen molar-refractivity contribution in [3.63, 3.8) is 0 Å². The molecule has 3 N–H and O–H groups in total. The van der Waals surface area contributed by atoms with Gasteiger partial charge in [0.15, 0.2) is 6.29 Å². The Hall–Kier alpha value is -4.41. The summed E-state index contributed by atoms with van der Waals surface area (Å²) in [7, 11) is 0. The lowest BCUT2D eigenvalue weighted by Crippen LogP contribution is -2.39. The number of aldehydes is 1. The van der Waals surface area contributed by atoms with E-state index in [1.54, 1.807) is 20.8 Å². The van der Waals surface area contributed by atoms with Gasteiger partial charge in [-0.2, -0.15) is 0 Å². The molecule has 2 aromatic carbocycles. The molecule has 2 saturated carbocycles. The number of Topliss-reactive ketones (excluding diaryl/α,β-unsaturated/α-hetero) is 1. The van der Waals surface area contributed by atoms with Gasteiger partial charge in [0, 0.05) is 41.6 Å². The highest BCUT2D eigenvalue weighted by Gasteiger charge is 2.45. The molecule has 3 aromatic rings. The van der Waals surface area contributed by atoms with E-state index in [0.29, 0.717) is 59.3 Å². The second kappa shape index (κ2) is 13.1. The lowest BCUT2D eigenvalue weighted by molar-refractivity contribution is -0.141. The van der Waals surface area contributed by atoms with Crippen molar-refractivity contribution >= 4 is 34.5 Å². The van der Waals surface area contributed by atoms with Gasteiger partial charge in [0.1, 0.15) is 29.1 Å². The van der Waals surface area contributed by atoms with Gasteiger partial charge in [0.2, 0.25) is 5.76 Å². The molecule has 2 fully saturated rings. The van der Waals surface area contributed by atoms with Crippen LogP contribution >= 0.6 is 0 Å². The Kier molecular flexibility index (Phi) is 8.87. The fraction of sp³-hybridized carbons (Fsp3) is 0.462. The molecule has 2 unspecified atom stereocenters. The Labute approximate surface area is 285 Å². The Morgan fingerprint density at radius 1 is 1.10 bits per heavy atom. The zero-order valence-electron chi connectivity index (χ0n) is 28.2. The van der Waals surface area contributed by atoms with E-state index in [9.17, 15) is 24.6 Å². The van der Waals surface area contributed by atoms with Crippen LogP contribution in [0.5, 0.6) is 17.2 Å². The largest absolute Gasteiger partial charge is 0.489 e. The first-order chi connectivity index (χ1) is 23.6. The minimum atomic E-state index is -1.23. The Bertz CT molecular complexity index is 1890. The van der Waals surface area contributed by atoms with Crippen molar-refractivity contribution < 1.29 is 43.5 Å². The number of ketones is 1. The number of benzene rings is 2. The molecule has 3 heterocycles. The molecule has 10 nitrogen and oxygen atoms in total. The number of ether oxygens (including phenoxy) is 4. The summed E-state index contributed by atoms with van der Waals surface area (Å²) in [6.45, 7) is 4.56. The Morgan fingerprint density at radius 2 is 1.90 bits per heavy atom. The molecule has 49 heavy (non-hydrogen) atoms. The quantitative estimate of drug-likeness (QED) is 0.190. The van der Waals surface area contributed by atoms with Crippen molar-refractivity contribution in [2.24, 2.45) is 0 Å². The molecule has 2 aliphatic carbocycles. The second-order valence-electron chi connectivity index (χ2n) is 14.0. The van der Waals surface area contributed by atoms with Crippen LogP contribution in [0.3, 0.4) is 0 Å². The van der Waals surface area contributed by atoms with Crippen molar-refractivity contribution in [1.29, 1.82) is 0 Å². The molecule has 4 aliphatic rings. The summed E-state index contributed by atoms with van der Waals surface area (Å²) in [5.74, 6) is -0.516. The summed E-state index contributed by atoms with van der Waals surface area (Å²) < 4.78 is 24.9. The molecule has 10 heteroatoms. The lowest BCUT2D eigenvalue weighted by atomic mass is 9.75. The highest BCUT2D eigenvalue weighted by Crippen LogP contribution is 2.57. The van der Waals surface area contributed by atoms with Gasteiger partial charge in [0.25, 0.3) is 0 Å².